The summed E-state index contributed by atoms with van der Waals surface area (Å²) in [6, 6.07) is 8.69. The minimum atomic E-state index is 0.167. The average Bonchev–Trinajstić information content (AvgIpc) is 2.44. The highest BCUT2D eigenvalue weighted by Gasteiger charge is 2.43. The van der Waals surface area contributed by atoms with Crippen LogP contribution in [0, 0.1) is 18.8 Å². The summed E-state index contributed by atoms with van der Waals surface area (Å²) in [7, 11) is 2.26. The number of nitrogens with two attached hydrogens (primary N) is 1. The first kappa shape index (κ1) is 15.5. The van der Waals surface area contributed by atoms with Gasteiger partial charge in [-0.1, -0.05) is 51.0 Å². The van der Waals surface area contributed by atoms with E-state index in [1.165, 1.54) is 30.4 Å². The lowest BCUT2D eigenvalue weighted by atomic mass is 9.67. The van der Waals surface area contributed by atoms with Crippen molar-refractivity contribution in [2.75, 3.05) is 13.6 Å². The minimum absolute atomic E-state index is 0.167. The highest BCUT2D eigenvalue weighted by atomic mass is 15.2. The third-order valence-corrected chi connectivity index (χ3v) is 5.75. The molecule has 1 saturated carbocycles. The third kappa shape index (κ3) is 2.77. The van der Waals surface area contributed by atoms with Crippen LogP contribution in [0.4, 0.5) is 0 Å². The molecule has 2 nitrogen and oxygen atoms in total. The lowest BCUT2D eigenvalue weighted by Crippen LogP contribution is -2.59. The number of benzene rings is 1. The molecule has 0 spiro atoms. The summed E-state index contributed by atoms with van der Waals surface area (Å²) in [6.45, 7) is 8.74. The maximum atomic E-state index is 6.24. The quantitative estimate of drug-likeness (QED) is 0.909. The fourth-order valence-electron chi connectivity index (χ4n) is 3.92. The van der Waals surface area contributed by atoms with Gasteiger partial charge in [0.25, 0.3) is 0 Å². The molecule has 1 aliphatic rings. The maximum absolute atomic E-state index is 6.24. The topological polar surface area (TPSA) is 29.3 Å². The molecule has 2 rings (SSSR count). The monoisotopic (exact) mass is 274 g/mol. The molecule has 20 heavy (non-hydrogen) atoms. The molecule has 112 valence electrons. The first-order valence-electron chi connectivity index (χ1n) is 7.97. The number of likely N-dealkylation sites (N-methyl/N-ethyl adjacent to an activating group) is 1. The summed E-state index contributed by atoms with van der Waals surface area (Å²) < 4.78 is 0. The second-order valence-corrected chi connectivity index (χ2v) is 6.75. The van der Waals surface area contributed by atoms with E-state index in [0.717, 1.165) is 19.0 Å². The van der Waals surface area contributed by atoms with Crippen molar-refractivity contribution < 1.29 is 0 Å². The van der Waals surface area contributed by atoms with Gasteiger partial charge in [0.05, 0.1) is 0 Å². The van der Waals surface area contributed by atoms with Crippen molar-refractivity contribution in [3.05, 3.63) is 35.4 Å². The highest BCUT2D eigenvalue weighted by Crippen LogP contribution is 2.41. The lowest BCUT2D eigenvalue weighted by Gasteiger charge is -2.51. The van der Waals surface area contributed by atoms with Crippen LogP contribution in [0.1, 0.15) is 44.2 Å². The van der Waals surface area contributed by atoms with Crippen molar-refractivity contribution in [1.29, 1.82) is 0 Å². The van der Waals surface area contributed by atoms with Gasteiger partial charge in [-0.25, -0.2) is 0 Å². The Kier molecular flexibility index (Phi) is 4.87. The zero-order valence-electron chi connectivity index (χ0n) is 13.5. The molecule has 1 aromatic rings. The maximum Gasteiger partial charge on any atom is 0.0360 e. The minimum Gasteiger partial charge on any atom is -0.329 e. The van der Waals surface area contributed by atoms with Crippen LogP contribution in [-0.2, 0) is 6.54 Å². The van der Waals surface area contributed by atoms with Crippen molar-refractivity contribution in [3.8, 4) is 0 Å². The van der Waals surface area contributed by atoms with Gasteiger partial charge in [-0.15, -0.1) is 0 Å². The smallest absolute Gasteiger partial charge is 0.0360 e. The molecule has 3 unspecified atom stereocenters. The molecule has 0 radical (unpaired) electrons. The lowest BCUT2D eigenvalue weighted by molar-refractivity contribution is 0.00128. The predicted octanol–water partition coefficient (Wildman–Crippen LogP) is 3.58. The summed E-state index contributed by atoms with van der Waals surface area (Å²) in [6.07, 6.45) is 3.89. The molecule has 0 heterocycles. The van der Waals surface area contributed by atoms with Crippen LogP contribution < -0.4 is 5.73 Å². The van der Waals surface area contributed by atoms with Crippen LogP contribution in [-0.4, -0.2) is 24.0 Å². The first-order valence-corrected chi connectivity index (χ1v) is 7.97. The Morgan fingerprint density at radius 3 is 2.65 bits per heavy atom. The molecule has 0 bridgehead atoms. The molecule has 0 saturated heterocycles. The molecule has 1 aliphatic carbocycles. The molecule has 1 aromatic carbocycles. The SMILES string of the molecule is Cc1ccccc1CN(C)C1(CN)CCCC(C)C1C. The average molecular weight is 274 g/mol. The van der Waals surface area contributed by atoms with E-state index in [2.05, 4.69) is 57.0 Å². The molecule has 2 heteroatoms. The summed E-state index contributed by atoms with van der Waals surface area (Å²) in [5.41, 5.74) is 9.21. The largest absolute Gasteiger partial charge is 0.329 e. The predicted molar refractivity (Wildman–Crippen MR) is 86.6 cm³/mol. The Hall–Kier alpha value is -0.860. The van der Waals surface area contributed by atoms with Crippen LogP contribution in [0.15, 0.2) is 24.3 Å². The Bertz CT molecular complexity index is 443. The molecule has 2 N–H and O–H groups in total. The van der Waals surface area contributed by atoms with E-state index in [-0.39, 0.29) is 5.54 Å². The summed E-state index contributed by atoms with van der Waals surface area (Å²) in [5, 5.41) is 0. The van der Waals surface area contributed by atoms with Crippen LogP contribution in [0.5, 0.6) is 0 Å². The van der Waals surface area contributed by atoms with E-state index in [1.54, 1.807) is 0 Å². The van der Waals surface area contributed by atoms with Gasteiger partial charge in [0.1, 0.15) is 0 Å². The highest BCUT2D eigenvalue weighted by molar-refractivity contribution is 5.25. The first-order chi connectivity index (χ1) is 9.51. The molecule has 0 aromatic heterocycles. The van der Waals surface area contributed by atoms with Gasteiger partial charge < -0.3 is 5.73 Å². The number of aryl methyl sites for hydroxylation is 1. The molecular weight excluding hydrogens is 244 g/mol. The van der Waals surface area contributed by atoms with E-state index in [9.17, 15) is 0 Å². The van der Waals surface area contributed by atoms with Crippen LogP contribution >= 0.6 is 0 Å². The second-order valence-electron chi connectivity index (χ2n) is 6.75. The summed E-state index contributed by atoms with van der Waals surface area (Å²) in [4.78, 5) is 2.52. The van der Waals surface area contributed by atoms with E-state index >= 15 is 0 Å². The molecule has 3 atom stereocenters. The number of hydrogen-bond acceptors (Lipinski definition) is 2. The summed E-state index contributed by atoms with van der Waals surface area (Å²) in [5.74, 6) is 1.43. The van der Waals surface area contributed by atoms with Gasteiger partial charge in [-0.2, -0.15) is 0 Å². The van der Waals surface area contributed by atoms with Crippen molar-refractivity contribution in [2.45, 2.75) is 52.1 Å². The fraction of sp³-hybridized carbons (Fsp3) is 0.667. The van der Waals surface area contributed by atoms with Gasteiger partial charge >= 0.3 is 0 Å². The zero-order chi connectivity index (χ0) is 14.8. The molecule has 0 aliphatic heterocycles. The van der Waals surface area contributed by atoms with Gasteiger partial charge in [-0.3, -0.25) is 4.90 Å². The van der Waals surface area contributed by atoms with Gasteiger partial charge in [-0.05, 0) is 43.4 Å². The Labute approximate surface area is 124 Å². The van der Waals surface area contributed by atoms with Crippen LogP contribution in [0.3, 0.4) is 0 Å². The molecular formula is C18H30N2. The third-order valence-electron chi connectivity index (χ3n) is 5.75. The number of nitrogens with zero attached hydrogens (tertiary/aromatic N) is 1. The van der Waals surface area contributed by atoms with Crippen LogP contribution in [0.2, 0.25) is 0 Å². The van der Waals surface area contributed by atoms with Gasteiger partial charge in [0.15, 0.2) is 0 Å². The van der Waals surface area contributed by atoms with Crippen molar-refractivity contribution in [2.24, 2.45) is 17.6 Å². The van der Waals surface area contributed by atoms with Crippen molar-refractivity contribution in [1.82, 2.24) is 4.90 Å². The molecule has 0 amide bonds. The number of hydrogen-bond donors (Lipinski definition) is 1. The van der Waals surface area contributed by atoms with E-state index < -0.39 is 0 Å². The normalized spacial score (nSPS) is 30.7. The number of rotatable bonds is 4. The Morgan fingerprint density at radius 2 is 2.00 bits per heavy atom. The summed E-state index contributed by atoms with van der Waals surface area (Å²) >= 11 is 0. The zero-order valence-corrected chi connectivity index (χ0v) is 13.5. The van der Waals surface area contributed by atoms with E-state index in [1.807, 2.05) is 0 Å². The van der Waals surface area contributed by atoms with Crippen molar-refractivity contribution in [3.63, 3.8) is 0 Å². The fourth-order valence-corrected chi connectivity index (χ4v) is 3.92. The molecule has 1 fully saturated rings. The second kappa shape index (κ2) is 6.28. The van der Waals surface area contributed by atoms with E-state index in [0.29, 0.717) is 5.92 Å². The van der Waals surface area contributed by atoms with E-state index in [4.69, 9.17) is 5.73 Å². The Morgan fingerprint density at radius 1 is 1.30 bits per heavy atom. The van der Waals surface area contributed by atoms with Crippen LogP contribution in [0.25, 0.3) is 0 Å². The Balaban J connectivity index is 2.21. The van der Waals surface area contributed by atoms with Gasteiger partial charge in [0, 0.05) is 18.6 Å². The van der Waals surface area contributed by atoms with Gasteiger partial charge in [0.2, 0.25) is 0 Å². The van der Waals surface area contributed by atoms with Crippen molar-refractivity contribution >= 4 is 0 Å². The standard InChI is InChI=1S/C18H30N2/c1-14-9-7-11-18(13-19,16(14)3)20(4)12-17-10-6-5-8-15(17)2/h5-6,8,10,14,16H,7,9,11-13,19H2,1-4H3.